The minimum absolute atomic E-state index is 0.156. The van der Waals surface area contributed by atoms with E-state index in [0.717, 1.165) is 18.2 Å². The monoisotopic (exact) mass is 474 g/mol. The van der Waals surface area contributed by atoms with E-state index in [1.165, 1.54) is 11.1 Å². The molecule has 0 aliphatic carbocycles. The Morgan fingerprint density at radius 2 is 1.83 bits per heavy atom. The maximum Gasteiger partial charge on any atom is 0.256 e. The molecule has 1 aromatic carbocycles. The minimum atomic E-state index is -3.85. The average Bonchev–Trinajstić information content (AvgIpc) is 2.67. The van der Waals surface area contributed by atoms with E-state index in [1.807, 2.05) is 4.90 Å². The van der Waals surface area contributed by atoms with Crippen molar-refractivity contribution in [3.63, 3.8) is 0 Å². The van der Waals surface area contributed by atoms with Crippen molar-refractivity contribution in [2.24, 2.45) is 0 Å². The van der Waals surface area contributed by atoms with Gasteiger partial charge in [0, 0.05) is 38.4 Å². The Balaban J connectivity index is 1.76. The number of rotatable bonds is 5. The van der Waals surface area contributed by atoms with E-state index in [9.17, 15) is 17.6 Å². The number of nitrogens with zero attached hydrogens (tertiary/aromatic N) is 3. The van der Waals surface area contributed by atoms with Crippen LogP contribution in [0.1, 0.15) is 24.2 Å². The van der Waals surface area contributed by atoms with E-state index in [0.29, 0.717) is 42.0 Å². The van der Waals surface area contributed by atoms with Crippen LogP contribution in [0, 0.1) is 5.82 Å². The van der Waals surface area contributed by atoms with Crippen molar-refractivity contribution < 1.29 is 17.6 Å². The average molecular weight is 475 g/mol. The van der Waals surface area contributed by atoms with Gasteiger partial charge in [-0.15, -0.1) is 0 Å². The number of halogens is 3. The molecule has 0 unspecified atom stereocenters. The maximum atomic E-state index is 14.3. The van der Waals surface area contributed by atoms with E-state index >= 15 is 0 Å². The summed E-state index contributed by atoms with van der Waals surface area (Å²) in [6.45, 7) is 4.84. The minimum Gasteiger partial charge on any atom is -0.352 e. The van der Waals surface area contributed by atoms with Crippen molar-refractivity contribution in [3.8, 4) is 0 Å². The van der Waals surface area contributed by atoms with Gasteiger partial charge in [0.1, 0.15) is 11.6 Å². The Morgan fingerprint density at radius 1 is 1.17 bits per heavy atom. The summed E-state index contributed by atoms with van der Waals surface area (Å²) in [5.41, 5.74) is -0.280. The molecule has 1 saturated heterocycles. The molecule has 1 aliphatic heterocycles. The van der Waals surface area contributed by atoms with Crippen LogP contribution in [0.2, 0.25) is 10.0 Å². The number of carbonyl (C=O) groups excluding carboxylic acids is 1. The number of pyridine rings is 1. The highest BCUT2D eigenvalue weighted by Crippen LogP contribution is 2.27. The third kappa shape index (κ3) is 5.03. The molecule has 0 radical (unpaired) electrons. The van der Waals surface area contributed by atoms with Gasteiger partial charge in [-0.05, 0) is 38.1 Å². The first-order valence-electron chi connectivity index (χ1n) is 9.25. The summed E-state index contributed by atoms with van der Waals surface area (Å²) in [5.74, 6) is -0.774. The quantitative estimate of drug-likeness (QED) is 0.719. The Bertz CT molecular complexity index is 1060. The standard InChI is InChI=1S/C19H21Cl2FN4O3S/c1-12(2)24-30(28,29)14-3-4-17(22)15(10-14)19(27)26-7-5-25(6-8-26)18-16(21)9-13(20)11-23-18/h3-4,9-12,24H,5-8H2,1-2H3. The number of carbonyl (C=O) groups is 1. The molecule has 3 rings (SSSR count). The fraction of sp³-hybridized carbons (Fsp3) is 0.368. The van der Waals surface area contributed by atoms with Crippen LogP contribution in [-0.2, 0) is 10.0 Å². The molecule has 1 aliphatic rings. The molecule has 7 nitrogen and oxygen atoms in total. The second-order valence-electron chi connectivity index (χ2n) is 7.16. The molecule has 1 amide bonds. The first kappa shape index (κ1) is 22.7. The van der Waals surface area contributed by atoms with Crippen molar-refractivity contribution in [1.29, 1.82) is 0 Å². The third-order valence-electron chi connectivity index (χ3n) is 4.52. The van der Waals surface area contributed by atoms with Gasteiger partial charge in [-0.25, -0.2) is 22.5 Å². The van der Waals surface area contributed by atoms with Crippen LogP contribution in [0.5, 0.6) is 0 Å². The lowest BCUT2D eigenvalue weighted by atomic mass is 10.1. The second kappa shape index (κ2) is 9.05. The summed E-state index contributed by atoms with van der Waals surface area (Å²) in [5, 5.41) is 0.832. The summed E-state index contributed by atoms with van der Waals surface area (Å²) in [6, 6.07) is 4.47. The van der Waals surface area contributed by atoms with Gasteiger partial charge in [0.15, 0.2) is 0 Å². The Hall–Kier alpha value is -1.94. The summed E-state index contributed by atoms with van der Waals surface area (Å²) >= 11 is 12.1. The summed E-state index contributed by atoms with van der Waals surface area (Å²) in [7, 11) is -3.85. The van der Waals surface area contributed by atoms with Gasteiger partial charge in [-0.3, -0.25) is 4.79 Å². The van der Waals surface area contributed by atoms with Gasteiger partial charge in [-0.2, -0.15) is 0 Å². The van der Waals surface area contributed by atoms with Crippen molar-refractivity contribution in [2.45, 2.75) is 24.8 Å². The van der Waals surface area contributed by atoms with Crippen molar-refractivity contribution in [2.75, 3.05) is 31.1 Å². The lowest BCUT2D eigenvalue weighted by molar-refractivity contribution is 0.0741. The molecular weight excluding hydrogens is 454 g/mol. The van der Waals surface area contributed by atoms with Gasteiger partial charge in [-0.1, -0.05) is 23.2 Å². The van der Waals surface area contributed by atoms with E-state index in [1.54, 1.807) is 19.9 Å². The summed E-state index contributed by atoms with van der Waals surface area (Å²) in [4.78, 5) is 20.3. The molecule has 162 valence electrons. The number of hydrogen-bond acceptors (Lipinski definition) is 5. The van der Waals surface area contributed by atoms with E-state index in [2.05, 4.69) is 9.71 Å². The highest BCUT2D eigenvalue weighted by Gasteiger charge is 2.27. The Labute approximate surface area is 184 Å². The van der Waals surface area contributed by atoms with Crippen LogP contribution in [0.4, 0.5) is 10.2 Å². The fourth-order valence-corrected chi connectivity index (χ4v) is 4.92. The predicted octanol–water partition coefficient (Wildman–Crippen LogP) is 3.18. The van der Waals surface area contributed by atoms with Gasteiger partial charge >= 0.3 is 0 Å². The zero-order valence-corrected chi connectivity index (χ0v) is 18.7. The number of hydrogen-bond donors (Lipinski definition) is 1. The predicted molar refractivity (Wildman–Crippen MR) is 114 cm³/mol. The topological polar surface area (TPSA) is 82.6 Å². The van der Waals surface area contributed by atoms with Gasteiger partial charge in [0.05, 0.1) is 20.5 Å². The molecule has 0 bridgehead atoms. The van der Waals surface area contributed by atoms with Gasteiger partial charge in [0.25, 0.3) is 5.91 Å². The highest BCUT2D eigenvalue weighted by atomic mass is 35.5. The first-order chi connectivity index (χ1) is 14.1. The maximum absolute atomic E-state index is 14.3. The molecule has 2 aromatic rings. The van der Waals surface area contributed by atoms with Crippen LogP contribution >= 0.6 is 23.2 Å². The molecule has 0 spiro atoms. The Morgan fingerprint density at radius 3 is 2.43 bits per heavy atom. The summed E-state index contributed by atoms with van der Waals surface area (Å²) < 4.78 is 41.5. The normalized spacial score (nSPS) is 15.0. The SMILES string of the molecule is CC(C)NS(=O)(=O)c1ccc(F)c(C(=O)N2CCN(c3ncc(Cl)cc3Cl)CC2)c1. The fourth-order valence-electron chi connectivity index (χ4n) is 3.15. The molecule has 1 N–H and O–H groups in total. The second-order valence-corrected chi connectivity index (χ2v) is 9.71. The third-order valence-corrected chi connectivity index (χ3v) is 6.67. The van der Waals surface area contributed by atoms with Crippen molar-refractivity contribution in [3.05, 3.63) is 51.9 Å². The molecular formula is C19H21Cl2FN4O3S. The first-order valence-corrected chi connectivity index (χ1v) is 11.5. The highest BCUT2D eigenvalue weighted by molar-refractivity contribution is 7.89. The van der Waals surface area contributed by atoms with Crippen molar-refractivity contribution >= 4 is 45.0 Å². The molecule has 1 aromatic heterocycles. The van der Waals surface area contributed by atoms with Gasteiger partial charge < -0.3 is 9.80 Å². The smallest absolute Gasteiger partial charge is 0.256 e. The van der Waals surface area contributed by atoms with Crippen LogP contribution in [0.25, 0.3) is 0 Å². The van der Waals surface area contributed by atoms with Crippen LogP contribution in [0.3, 0.4) is 0 Å². The number of aromatic nitrogens is 1. The number of piperazine rings is 1. The largest absolute Gasteiger partial charge is 0.352 e. The number of anilines is 1. The lowest BCUT2D eigenvalue weighted by Gasteiger charge is -2.35. The molecule has 30 heavy (non-hydrogen) atoms. The number of nitrogens with one attached hydrogen (secondary N) is 1. The Kier molecular flexibility index (Phi) is 6.86. The number of sulfonamides is 1. The molecule has 0 saturated carbocycles. The molecule has 1 fully saturated rings. The number of amides is 1. The van der Waals surface area contributed by atoms with E-state index in [4.69, 9.17) is 23.2 Å². The number of benzene rings is 1. The van der Waals surface area contributed by atoms with E-state index in [-0.39, 0.29) is 16.5 Å². The molecule has 11 heteroatoms. The van der Waals surface area contributed by atoms with Crippen LogP contribution < -0.4 is 9.62 Å². The molecule has 0 atom stereocenters. The van der Waals surface area contributed by atoms with Crippen LogP contribution in [0.15, 0.2) is 35.4 Å². The zero-order valence-electron chi connectivity index (χ0n) is 16.4. The zero-order chi connectivity index (χ0) is 22.1. The lowest BCUT2D eigenvalue weighted by Crippen LogP contribution is -2.49. The van der Waals surface area contributed by atoms with E-state index < -0.39 is 21.7 Å². The molecule has 2 heterocycles. The van der Waals surface area contributed by atoms with Crippen LogP contribution in [-0.4, -0.2) is 56.4 Å². The summed E-state index contributed by atoms with van der Waals surface area (Å²) in [6.07, 6.45) is 1.49. The van der Waals surface area contributed by atoms with Crippen molar-refractivity contribution in [1.82, 2.24) is 14.6 Å². The van der Waals surface area contributed by atoms with Gasteiger partial charge in [0.2, 0.25) is 10.0 Å².